The summed E-state index contributed by atoms with van der Waals surface area (Å²) in [7, 11) is 0. The van der Waals surface area contributed by atoms with Gasteiger partial charge in [0.05, 0.1) is 12.7 Å². The van der Waals surface area contributed by atoms with Crippen molar-refractivity contribution < 1.29 is 14.3 Å². The Kier molecular flexibility index (Phi) is 6.87. The number of nitrogens with one attached hydrogen (secondary N) is 1. The van der Waals surface area contributed by atoms with E-state index in [0.717, 1.165) is 17.9 Å². The van der Waals surface area contributed by atoms with E-state index in [1.807, 2.05) is 43.3 Å². The number of ether oxygens (including phenoxy) is 2. The van der Waals surface area contributed by atoms with Gasteiger partial charge >= 0.3 is 0 Å². The summed E-state index contributed by atoms with van der Waals surface area (Å²) in [5, 5.41) is 2.89. The summed E-state index contributed by atoms with van der Waals surface area (Å²) in [5.74, 6) is 1.82. The fourth-order valence-corrected chi connectivity index (χ4v) is 2.13. The summed E-state index contributed by atoms with van der Waals surface area (Å²) in [4.78, 5) is 12.4. The molecule has 0 fully saturated rings. The van der Waals surface area contributed by atoms with Crippen LogP contribution in [-0.4, -0.2) is 18.6 Å². The topological polar surface area (TPSA) is 47.6 Å². The van der Waals surface area contributed by atoms with Gasteiger partial charge in [0.25, 0.3) is 5.91 Å². The number of amides is 1. The predicted molar refractivity (Wildman–Crippen MR) is 102 cm³/mol. The molecule has 1 amide bonds. The van der Waals surface area contributed by atoms with Gasteiger partial charge in [0, 0.05) is 11.3 Å². The van der Waals surface area contributed by atoms with Crippen molar-refractivity contribution in [2.75, 3.05) is 11.9 Å². The molecule has 134 valence electrons. The summed E-state index contributed by atoms with van der Waals surface area (Å²) in [5.41, 5.74) is 1.30. The highest BCUT2D eigenvalue weighted by molar-refractivity contribution is 6.04. The quantitative estimate of drug-likeness (QED) is 0.722. The maximum atomic E-state index is 12.4. The lowest BCUT2D eigenvalue weighted by Crippen LogP contribution is -2.13. The third-order valence-corrected chi connectivity index (χ3v) is 3.70. The molecule has 1 N–H and O–H groups in total. The average Bonchev–Trinajstić information content (AvgIpc) is 2.61. The SMILES string of the molecule is CCC(C)Oc1cccc(C(=O)Nc2ccc(OCC(C)C)cc2)c1. The highest BCUT2D eigenvalue weighted by Crippen LogP contribution is 2.19. The molecule has 2 aromatic rings. The summed E-state index contributed by atoms with van der Waals surface area (Å²) in [6.45, 7) is 8.96. The molecular weight excluding hydrogens is 314 g/mol. The molecule has 4 nitrogen and oxygen atoms in total. The molecule has 0 aromatic heterocycles. The van der Waals surface area contributed by atoms with E-state index in [-0.39, 0.29) is 12.0 Å². The Labute approximate surface area is 150 Å². The van der Waals surface area contributed by atoms with E-state index in [9.17, 15) is 4.79 Å². The summed E-state index contributed by atoms with van der Waals surface area (Å²) >= 11 is 0. The van der Waals surface area contributed by atoms with Crippen LogP contribution in [0.2, 0.25) is 0 Å². The largest absolute Gasteiger partial charge is 0.493 e. The standard InChI is InChI=1S/C21H27NO3/c1-5-16(4)25-20-8-6-7-17(13-20)21(23)22-18-9-11-19(12-10-18)24-14-15(2)3/h6-13,15-16H,5,14H2,1-4H3,(H,22,23). The average molecular weight is 341 g/mol. The molecule has 0 saturated carbocycles. The fraction of sp³-hybridized carbons (Fsp3) is 0.381. The van der Waals surface area contributed by atoms with Crippen LogP contribution < -0.4 is 14.8 Å². The van der Waals surface area contributed by atoms with Crippen molar-refractivity contribution in [1.29, 1.82) is 0 Å². The molecule has 25 heavy (non-hydrogen) atoms. The molecule has 0 aliphatic carbocycles. The number of carbonyl (C=O) groups excluding carboxylic acids is 1. The van der Waals surface area contributed by atoms with Crippen molar-refractivity contribution in [3.63, 3.8) is 0 Å². The molecule has 1 atom stereocenters. The van der Waals surface area contributed by atoms with E-state index in [0.29, 0.717) is 23.8 Å². The van der Waals surface area contributed by atoms with E-state index in [2.05, 4.69) is 26.1 Å². The molecule has 0 aliphatic rings. The first-order valence-corrected chi connectivity index (χ1v) is 8.79. The Balaban J connectivity index is 1.98. The number of anilines is 1. The number of hydrogen-bond acceptors (Lipinski definition) is 3. The van der Waals surface area contributed by atoms with E-state index < -0.39 is 0 Å². The van der Waals surface area contributed by atoms with Crippen molar-refractivity contribution in [3.8, 4) is 11.5 Å². The maximum absolute atomic E-state index is 12.4. The minimum atomic E-state index is -0.162. The van der Waals surface area contributed by atoms with E-state index in [1.54, 1.807) is 12.1 Å². The number of rotatable bonds is 8. The summed E-state index contributed by atoms with van der Waals surface area (Å²) in [6, 6.07) is 14.6. The smallest absolute Gasteiger partial charge is 0.255 e. The molecular formula is C21H27NO3. The van der Waals surface area contributed by atoms with Gasteiger partial charge in [-0.2, -0.15) is 0 Å². The Morgan fingerprint density at radius 3 is 2.40 bits per heavy atom. The molecule has 0 bridgehead atoms. The minimum Gasteiger partial charge on any atom is -0.493 e. The third-order valence-electron chi connectivity index (χ3n) is 3.70. The second-order valence-corrected chi connectivity index (χ2v) is 6.55. The molecule has 2 rings (SSSR count). The highest BCUT2D eigenvalue weighted by Gasteiger charge is 2.09. The van der Waals surface area contributed by atoms with Gasteiger partial charge in [-0.05, 0) is 61.7 Å². The van der Waals surface area contributed by atoms with Crippen LogP contribution in [-0.2, 0) is 0 Å². The minimum absolute atomic E-state index is 0.122. The van der Waals surface area contributed by atoms with Crippen LogP contribution in [0, 0.1) is 5.92 Å². The van der Waals surface area contributed by atoms with Gasteiger partial charge in [-0.1, -0.05) is 26.8 Å². The Bertz CT molecular complexity index is 680. The van der Waals surface area contributed by atoms with Gasteiger partial charge < -0.3 is 14.8 Å². The van der Waals surface area contributed by atoms with Crippen molar-refractivity contribution in [3.05, 3.63) is 54.1 Å². The summed E-state index contributed by atoms with van der Waals surface area (Å²) < 4.78 is 11.4. The van der Waals surface area contributed by atoms with Crippen molar-refractivity contribution in [2.24, 2.45) is 5.92 Å². The van der Waals surface area contributed by atoms with Crippen LogP contribution in [0.15, 0.2) is 48.5 Å². The molecule has 0 radical (unpaired) electrons. The van der Waals surface area contributed by atoms with Crippen LogP contribution >= 0.6 is 0 Å². The number of hydrogen-bond donors (Lipinski definition) is 1. The van der Waals surface area contributed by atoms with Gasteiger partial charge in [-0.25, -0.2) is 0 Å². The molecule has 0 aliphatic heterocycles. The predicted octanol–water partition coefficient (Wildman–Crippen LogP) is 5.15. The first-order chi connectivity index (χ1) is 12.0. The van der Waals surface area contributed by atoms with Gasteiger partial charge in [-0.15, -0.1) is 0 Å². The first-order valence-electron chi connectivity index (χ1n) is 8.79. The zero-order valence-electron chi connectivity index (χ0n) is 15.4. The van der Waals surface area contributed by atoms with Crippen LogP contribution in [0.3, 0.4) is 0 Å². The number of carbonyl (C=O) groups is 1. The van der Waals surface area contributed by atoms with Crippen LogP contribution in [0.25, 0.3) is 0 Å². The van der Waals surface area contributed by atoms with Crippen LogP contribution in [0.1, 0.15) is 44.5 Å². The molecule has 4 heteroatoms. The molecule has 1 unspecified atom stereocenters. The van der Waals surface area contributed by atoms with Crippen molar-refractivity contribution in [1.82, 2.24) is 0 Å². The lowest BCUT2D eigenvalue weighted by molar-refractivity contribution is 0.102. The Hall–Kier alpha value is -2.49. The highest BCUT2D eigenvalue weighted by atomic mass is 16.5. The maximum Gasteiger partial charge on any atom is 0.255 e. The molecule has 0 heterocycles. The van der Waals surface area contributed by atoms with E-state index in [4.69, 9.17) is 9.47 Å². The molecule has 0 spiro atoms. The zero-order chi connectivity index (χ0) is 18.2. The lowest BCUT2D eigenvalue weighted by atomic mass is 10.2. The van der Waals surface area contributed by atoms with Crippen molar-refractivity contribution in [2.45, 2.75) is 40.2 Å². The van der Waals surface area contributed by atoms with Gasteiger partial charge in [0.1, 0.15) is 11.5 Å². The van der Waals surface area contributed by atoms with E-state index >= 15 is 0 Å². The first kappa shape index (κ1) is 18.8. The van der Waals surface area contributed by atoms with Crippen molar-refractivity contribution >= 4 is 11.6 Å². The zero-order valence-corrected chi connectivity index (χ0v) is 15.4. The Morgan fingerprint density at radius 2 is 1.76 bits per heavy atom. The normalized spacial score (nSPS) is 11.9. The lowest BCUT2D eigenvalue weighted by Gasteiger charge is -2.13. The Morgan fingerprint density at radius 1 is 1.04 bits per heavy atom. The van der Waals surface area contributed by atoms with Gasteiger partial charge in [0.15, 0.2) is 0 Å². The number of benzene rings is 2. The molecule has 0 saturated heterocycles. The second kappa shape index (κ2) is 9.11. The van der Waals surface area contributed by atoms with Crippen LogP contribution in [0.4, 0.5) is 5.69 Å². The monoisotopic (exact) mass is 341 g/mol. The molecule has 2 aromatic carbocycles. The fourth-order valence-electron chi connectivity index (χ4n) is 2.13. The van der Waals surface area contributed by atoms with Crippen LogP contribution in [0.5, 0.6) is 11.5 Å². The third kappa shape index (κ3) is 6.14. The van der Waals surface area contributed by atoms with E-state index in [1.165, 1.54) is 0 Å². The van der Waals surface area contributed by atoms with Gasteiger partial charge in [-0.3, -0.25) is 4.79 Å². The van der Waals surface area contributed by atoms with Gasteiger partial charge in [0.2, 0.25) is 0 Å². The summed E-state index contributed by atoms with van der Waals surface area (Å²) in [6.07, 6.45) is 1.04. The second-order valence-electron chi connectivity index (χ2n) is 6.55.